The van der Waals surface area contributed by atoms with Crippen LogP contribution in [-0.4, -0.2) is 34.0 Å². The Morgan fingerprint density at radius 3 is 2.81 bits per heavy atom. The minimum absolute atomic E-state index is 0.0142. The standard InChI is InChI=1S/C23H24F3N3O2/c1-12-9-17(23(24,25)26)18-19(28-31-20(18)27-12)13-3-2-8-29(11-13)21(30)15-10-14-4-5-16(15)22(14)6-7-22/h4-5,9,13-16H,2-3,6-8,10-11H2,1H3/t13-,14-,15-,16-/m1/s1. The third kappa shape index (κ3) is 2.79. The van der Waals surface area contributed by atoms with Crippen molar-refractivity contribution in [3.05, 3.63) is 35.2 Å². The topological polar surface area (TPSA) is 59.2 Å². The van der Waals surface area contributed by atoms with E-state index in [1.165, 1.54) is 19.8 Å². The minimum atomic E-state index is -4.52. The van der Waals surface area contributed by atoms with E-state index in [2.05, 4.69) is 22.3 Å². The number of amides is 1. The Hall–Kier alpha value is -2.38. The van der Waals surface area contributed by atoms with Crippen LogP contribution in [0.15, 0.2) is 22.7 Å². The molecule has 3 aliphatic carbocycles. The molecule has 164 valence electrons. The molecule has 1 aliphatic heterocycles. The molecule has 5 nitrogen and oxygen atoms in total. The van der Waals surface area contributed by atoms with Crippen molar-refractivity contribution in [1.82, 2.24) is 15.0 Å². The van der Waals surface area contributed by atoms with E-state index in [9.17, 15) is 18.0 Å². The second kappa shape index (κ2) is 6.33. The van der Waals surface area contributed by atoms with Crippen LogP contribution in [0.3, 0.4) is 0 Å². The van der Waals surface area contributed by atoms with Crippen LogP contribution in [0.2, 0.25) is 0 Å². The summed E-state index contributed by atoms with van der Waals surface area (Å²) in [5, 5.41) is 3.95. The molecule has 4 aliphatic rings. The fraction of sp³-hybridized carbons (Fsp3) is 0.609. The molecule has 3 fully saturated rings. The molecule has 0 radical (unpaired) electrons. The minimum Gasteiger partial charge on any atom is -0.342 e. The lowest BCUT2D eigenvalue weighted by Crippen LogP contribution is -2.43. The number of hydrogen-bond acceptors (Lipinski definition) is 4. The van der Waals surface area contributed by atoms with Gasteiger partial charge in [0.2, 0.25) is 5.91 Å². The summed E-state index contributed by atoms with van der Waals surface area (Å²) in [4.78, 5) is 19.4. The van der Waals surface area contributed by atoms with Crippen molar-refractivity contribution in [2.45, 2.75) is 51.1 Å². The first kappa shape index (κ1) is 19.3. The number of allylic oxidation sites excluding steroid dienone is 2. The zero-order chi connectivity index (χ0) is 21.5. The fourth-order valence-corrected chi connectivity index (χ4v) is 6.49. The summed E-state index contributed by atoms with van der Waals surface area (Å²) in [6.07, 6.45) is 4.75. The van der Waals surface area contributed by atoms with Crippen molar-refractivity contribution in [3.63, 3.8) is 0 Å². The molecule has 1 saturated heterocycles. The number of hydrogen-bond donors (Lipinski definition) is 0. The van der Waals surface area contributed by atoms with Crippen LogP contribution in [0.25, 0.3) is 11.1 Å². The van der Waals surface area contributed by atoms with Gasteiger partial charge in [0.05, 0.1) is 16.6 Å². The van der Waals surface area contributed by atoms with Crippen LogP contribution < -0.4 is 0 Å². The van der Waals surface area contributed by atoms with Gasteiger partial charge in [-0.3, -0.25) is 4.79 Å². The van der Waals surface area contributed by atoms with Crippen LogP contribution >= 0.6 is 0 Å². The third-order valence-electron chi connectivity index (χ3n) is 8.07. The Labute approximate surface area is 177 Å². The van der Waals surface area contributed by atoms with Crippen LogP contribution in [0.5, 0.6) is 0 Å². The molecule has 2 aromatic heterocycles. The summed E-state index contributed by atoms with van der Waals surface area (Å²) in [5.74, 6) is 0.747. The average Bonchev–Trinajstić information content (AvgIpc) is 3.21. The maximum absolute atomic E-state index is 13.7. The van der Waals surface area contributed by atoms with Gasteiger partial charge in [-0.2, -0.15) is 13.2 Å². The van der Waals surface area contributed by atoms with Crippen LogP contribution in [0.1, 0.15) is 55.0 Å². The molecule has 2 bridgehead atoms. The summed E-state index contributed by atoms with van der Waals surface area (Å²) < 4.78 is 46.4. The summed E-state index contributed by atoms with van der Waals surface area (Å²) in [7, 11) is 0. The van der Waals surface area contributed by atoms with Gasteiger partial charge < -0.3 is 9.42 Å². The SMILES string of the molecule is Cc1cc(C(F)(F)F)c2c([C@@H]3CCCN(C(=O)[C@@H]4C[C@H]5C=C[C@H]4C54CC4)C3)noc2n1. The summed E-state index contributed by atoms with van der Waals surface area (Å²) in [6, 6.07) is 1.05. The molecule has 0 unspecified atom stereocenters. The molecule has 3 heterocycles. The molecule has 1 amide bonds. The van der Waals surface area contributed by atoms with Crippen molar-refractivity contribution in [3.8, 4) is 0 Å². The molecule has 2 saturated carbocycles. The highest BCUT2D eigenvalue weighted by atomic mass is 19.4. The highest BCUT2D eigenvalue weighted by Gasteiger charge is 2.64. The average molecular weight is 431 g/mol. The van der Waals surface area contributed by atoms with Crippen molar-refractivity contribution in [2.24, 2.45) is 23.2 Å². The number of carbonyl (C=O) groups is 1. The van der Waals surface area contributed by atoms with Crippen molar-refractivity contribution in [2.75, 3.05) is 13.1 Å². The van der Waals surface area contributed by atoms with E-state index in [-0.39, 0.29) is 40.2 Å². The van der Waals surface area contributed by atoms with E-state index in [1.807, 2.05) is 4.90 Å². The van der Waals surface area contributed by atoms with Crippen LogP contribution in [-0.2, 0) is 11.0 Å². The predicted molar refractivity (Wildman–Crippen MR) is 106 cm³/mol. The first-order valence-electron chi connectivity index (χ1n) is 11.1. The van der Waals surface area contributed by atoms with E-state index in [1.54, 1.807) is 0 Å². The predicted octanol–water partition coefficient (Wildman–Crippen LogP) is 4.86. The number of likely N-dealkylation sites (tertiary alicyclic amines) is 1. The molecular formula is C23H24F3N3O2. The number of fused-ring (bicyclic) bond motifs is 1. The Morgan fingerprint density at radius 1 is 1.29 bits per heavy atom. The number of carbonyl (C=O) groups excluding carboxylic acids is 1. The van der Waals surface area contributed by atoms with Gasteiger partial charge in [0.15, 0.2) is 0 Å². The van der Waals surface area contributed by atoms with Crippen molar-refractivity contribution < 1.29 is 22.5 Å². The highest BCUT2D eigenvalue weighted by Crippen LogP contribution is 2.70. The maximum atomic E-state index is 13.7. The number of rotatable bonds is 2. The number of aryl methyl sites for hydroxylation is 1. The molecule has 1 spiro atoms. The van der Waals surface area contributed by atoms with Gasteiger partial charge in [0, 0.05) is 30.6 Å². The van der Waals surface area contributed by atoms with Gasteiger partial charge in [-0.05, 0) is 62.3 Å². The van der Waals surface area contributed by atoms with E-state index < -0.39 is 11.7 Å². The maximum Gasteiger partial charge on any atom is 0.417 e. The van der Waals surface area contributed by atoms with Gasteiger partial charge in [0.1, 0.15) is 0 Å². The molecular weight excluding hydrogens is 407 g/mol. The summed E-state index contributed by atoms with van der Waals surface area (Å²) in [5.41, 5.74) is 0.00614. The van der Waals surface area contributed by atoms with E-state index in [0.717, 1.165) is 18.9 Å². The third-order valence-corrected chi connectivity index (χ3v) is 8.07. The lowest BCUT2D eigenvalue weighted by atomic mass is 9.86. The highest BCUT2D eigenvalue weighted by molar-refractivity contribution is 5.83. The molecule has 0 N–H and O–H groups in total. The van der Waals surface area contributed by atoms with Crippen molar-refractivity contribution >= 4 is 17.0 Å². The van der Waals surface area contributed by atoms with Gasteiger partial charge >= 0.3 is 6.18 Å². The zero-order valence-electron chi connectivity index (χ0n) is 17.3. The lowest BCUT2D eigenvalue weighted by Gasteiger charge is -2.35. The number of alkyl halides is 3. The first-order chi connectivity index (χ1) is 14.8. The molecule has 31 heavy (non-hydrogen) atoms. The molecule has 6 rings (SSSR count). The Bertz CT molecular complexity index is 1100. The lowest BCUT2D eigenvalue weighted by molar-refractivity contribution is -0.138. The van der Waals surface area contributed by atoms with Crippen molar-refractivity contribution in [1.29, 1.82) is 0 Å². The van der Waals surface area contributed by atoms with Crippen LogP contribution in [0, 0.1) is 30.1 Å². The number of nitrogens with zero attached hydrogens (tertiary/aromatic N) is 3. The first-order valence-corrected chi connectivity index (χ1v) is 11.1. The number of aromatic nitrogens is 2. The summed E-state index contributed by atoms with van der Waals surface area (Å²) in [6.45, 7) is 2.55. The second-order valence-electron chi connectivity index (χ2n) is 9.77. The Kier molecular flexibility index (Phi) is 3.94. The number of pyridine rings is 1. The largest absolute Gasteiger partial charge is 0.417 e. The molecule has 0 aromatic carbocycles. The van der Waals surface area contributed by atoms with Gasteiger partial charge in [0.25, 0.3) is 5.71 Å². The van der Waals surface area contributed by atoms with Crippen LogP contribution in [0.4, 0.5) is 13.2 Å². The van der Waals surface area contributed by atoms with Gasteiger partial charge in [-0.25, -0.2) is 4.98 Å². The fourth-order valence-electron chi connectivity index (χ4n) is 6.49. The monoisotopic (exact) mass is 431 g/mol. The Balaban J connectivity index is 1.29. The number of halogens is 3. The second-order valence-corrected chi connectivity index (χ2v) is 9.77. The quantitative estimate of drug-likeness (QED) is 0.638. The molecule has 4 atom stereocenters. The summed E-state index contributed by atoms with van der Waals surface area (Å²) >= 11 is 0. The smallest absolute Gasteiger partial charge is 0.342 e. The van der Waals surface area contributed by atoms with E-state index in [0.29, 0.717) is 36.8 Å². The van der Waals surface area contributed by atoms with E-state index in [4.69, 9.17) is 4.52 Å². The number of piperidine rings is 1. The van der Waals surface area contributed by atoms with Gasteiger partial charge in [-0.1, -0.05) is 17.3 Å². The Morgan fingerprint density at radius 2 is 2.10 bits per heavy atom. The zero-order valence-corrected chi connectivity index (χ0v) is 17.3. The normalized spacial score (nSPS) is 31.2. The molecule has 2 aromatic rings. The molecule has 8 heteroatoms. The van der Waals surface area contributed by atoms with E-state index >= 15 is 0 Å². The van der Waals surface area contributed by atoms with Gasteiger partial charge in [-0.15, -0.1) is 0 Å².